The lowest BCUT2D eigenvalue weighted by Crippen LogP contribution is -2.17. The van der Waals surface area contributed by atoms with Gasteiger partial charge in [0, 0.05) is 23.5 Å². The van der Waals surface area contributed by atoms with Crippen molar-refractivity contribution < 1.29 is 4.79 Å². The van der Waals surface area contributed by atoms with E-state index in [9.17, 15) is 4.79 Å². The van der Waals surface area contributed by atoms with Crippen LogP contribution in [0.15, 0.2) is 36.8 Å². The number of amides is 1. The minimum atomic E-state index is -0.115. The van der Waals surface area contributed by atoms with E-state index in [4.69, 9.17) is 11.6 Å². The highest BCUT2D eigenvalue weighted by Gasteiger charge is 2.05. The van der Waals surface area contributed by atoms with Gasteiger partial charge in [0.15, 0.2) is 0 Å². The second-order valence-electron chi connectivity index (χ2n) is 4.13. The zero-order chi connectivity index (χ0) is 13.7. The lowest BCUT2D eigenvalue weighted by Gasteiger charge is -2.05. The number of carbonyl (C=O) groups is 1. The second-order valence-corrected chi connectivity index (χ2v) is 4.56. The third kappa shape index (κ3) is 4.08. The number of imidazole rings is 1. The molecule has 1 aromatic heterocycles. The van der Waals surface area contributed by atoms with Crippen LogP contribution < -0.4 is 10.6 Å². The van der Waals surface area contributed by atoms with Crippen molar-refractivity contribution in [3.63, 3.8) is 0 Å². The molecule has 0 fully saturated rings. The fraction of sp³-hybridized carbons (Fsp3) is 0.231. The SMILES string of the molecule is CNCc1cn(CC(=O)Nc2cccc(Cl)c2)cn1. The summed E-state index contributed by atoms with van der Waals surface area (Å²) < 4.78 is 1.74. The van der Waals surface area contributed by atoms with E-state index in [-0.39, 0.29) is 12.5 Å². The molecule has 2 N–H and O–H groups in total. The molecule has 0 saturated heterocycles. The summed E-state index contributed by atoms with van der Waals surface area (Å²) in [7, 11) is 1.85. The van der Waals surface area contributed by atoms with Crippen LogP contribution in [0.4, 0.5) is 5.69 Å². The van der Waals surface area contributed by atoms with Crippen molar-refractivity contribution in [1.82, 2.24) is 14.9 Å². The zero-order valence-electron chi connectivity index (χ0n) is 10.6. The van der Waals surface area contributed by atoms with Gasteiger partial charge in [-0.25, -0.2) is 4.98 Å². The molecular formula is C13H15ClN4O. The minimum Gasteiger partial charge on any atom is -0.328 e. The maximum Gasteiger partial charge on any atom is 0.244 e. The molecule has 100 valence electrons. The van der Waals surface area contributed by atoms with Crippen LogP contribution in [-0.2, 0) is 17.9 Å². The number of nitrogens with one attached hydrogen (secondary N) is 2. The Bertz CT molecular complexity index is 567. The first-order valence-corrected chi connectivity index (χ1v) is 6.26. The lowest BCUT2D eigenvalue weighted by atomic mass is 10.3. The average molecular weight is 279 g/mol. The van der Waals surface area contributed by atoms with Gasteiger partial charge >= 0.3 is 0 Å². The van der Waals surface area contributed by atoms with E-state index in [1.165, 1.54) is 0 Å². The molecule has 0 spiro atoms. The molecule has 0 bridgehead atoms. The highest BCUT2D eigenvalue weighted by Crippen LogP contribution is 2.14. The topological polar surface area (TPSA) is 59.0 Å². The van der Waals surface area contributed by atoms with Crippen LogP contribution in [0.25, 0.3) is 0 Å². The first-order valence-electron chi connectivity index (χ1n) is 5.88. The molecule has 1 aromatic carbocycles. The van der Waals surface area contributed by atoms with Crippen LogP contribution >= 0.6 is 11.6 Å². The van der Waals surface area contributed by atoms with E-state index in [1.807, 2.05) is 13.2 Å². The molecule has 2 aromatic rings. The Morgan fingerprint density at radius 1 is 1.47 bits per heavy atom. The van der Waals surface area contributed by atoms with Crippen molar-refractivity contribution in [3.05, 3.63) is 47.5 Å². The molecule has 0 unspecified atom stereocenters. The molecule has 2 rings (SSSR count). The fourth-order valence-electron chi connectivity index (χ4n) is 1.70. The lowest BCUT2D eigenvalue weighted by molar-refractivity contribution is -0.116. The highest BCUT2D eigenvalue weighted by molar-refractivity contribution is 6.30. The zero-order valence-corrected chi connectivity index (χ0v) is 11.3. The molecule has 0 radical (unpaired) electrons. The average Bonchev–Trinajstić information content (AvgIpc) is 2.77. The van der Waals surface area contributed by atoms with Crippen molar-refractivity contribution in [1.29, 1.82) is 0 Å². The number of nitrogens with zero attached hydrogens (tertiary/aromatic N) is 2. The highest BCUT2D eigenvalue weighted by atomic mass is 35.5. The molecule has 1 amide bonds. The van der Waals surface area contributed by atoms with E-state index in [1.54, 1.807) is 35.2 Å². The number of hydrogen-bond donors (Lipinski definition) is 2. The summed E-state index contributed by atoms with van der Waals surface area (Å²) in [5.41, 5.74) is 1.59. The first-order chi connectivity index (χ1) is 9.17. The van der Waals surface area contributed by atoms with Crippen LogP contribution in [0.3, 0.4) is 0 Å². The third-order valence-corrected chi connectivity index (χ3v) is 2.71. The number of halogens is 1. The molecule has 0 atom stereocenters. The molecule has 19 heavy (non-hydrogen) atoms. The Morgan fingerprint density at radius 3 is 3.05 bits per heavy atom. The van der Waals surface area contributed by atoms with E-state index in [0.717, 1.165) is 5.69 Å². The Balaban J connectivity index is 1.93. The normalized spacial score (nSPS) is 10.4. The fourth-order valence-corrected chi connectivity index (χ4v) is 1.89. The summed E-state index contributed by atoms with van der Waals surface area (Å²) in [4.78, 5) is 16.0. The van der Waals surface area contributed by atoms with Crippen molar-refractivity contribution in [2.24, 2.45) is 0 Å². The smallest absolute Gasteiger partial charge is 0.244 e. The summed E-state index contributed by atoms with van der Waals surface area (Å²) in [6.07, 6.45) is 3.48. The quantitative estimate of drug-likeness (QED) is 0.878. The number of hydrogen-bond acceptors (Lipinski definition) is 3. The van der Waals surface area contributed by atoms with Crippen LogP contribution in [0.1, 0.15) is 5.69 Å². The number of aromatic nitrogens is 2. The molecule has 6 heteroatoms. The van der Waals surface area contributed by atoms with Crippen LogP contribution in [-0.4, -0.2) is 22.5 Å². The van der Waals surface area contributed by atoms with Gasteiger partial charge in [-0.1, -0.05) is 17.7 Å². The predicted octanol–water partition coefficient (Wildman–Crippen LogP) is 1.89. The minimum absolute atomic E-state index is 0.115. The molecule has 0 aliphatic rings. The first kappa shape index (κ1) is 13.6. The maximum absolute atomic E-state index is 11.8. The van der Waals surface area contributed by atoms with Gasteiger partial charge in [0.05, 0.1) is 12.0 Å². The maximum atomic E-state index is 11.8. The molecule has 5 nitrogen and oxygen atoms in total. The summed E-state index contributed by atoms with van der Waals surface area (Å²) in [6, 6.07) is 7.06. The number of anilines is 1. The van der Waals surface area contributed by atoms with Crippen molar-refractivity contribution in [2.45, 2.75) is 13.1 Å². The van der Waals surface area contributed by atoms with Gasteiger partial charge < -0.3 is 15.2 Å². The van der Waals surface area contributed by atoms with Gasteiger partial charge in [0.25, 0.3) is 0 Å². The number of benzene rings is 1. The van der Waals surface area contributed by atoms with Gasteiger partial charge in [-0.3, -0.25) is 4.79 Å². The Morgan fingerprint density at radius 2 is 2.32 bits per heavy atom. The second kappa shape index (κ2) is 6.36. The van der Waals surface area contributed by atoms with Crippen molar-refractivity contribution in [3.8, 4) is 0 Å². The van der Waals surface area contributed by atoms with Crippen molar-refractivity contribution in [2.75, 3.05) is 12.4 Å². The summed E-state index contributed by atoms with van der Waals surface area (Å²) in [5.74, 6) is -0.115. The number of carbonyl (C=O) groups excluding carboxylic acids is 1. The van der Waals surface area contributed by atoms with Gasteiger partial charge in [0.1, 0.15) is 6.54 Å². The predicted molar refractivity (Wildman–Crippen MR) is 75.1 cm³/mol. The van der Waals surface area contributed by atoms with Crippen LogP contribution in [0.2, 0.25) is 5.02 Å². The van der Waals surface area contributed by atoms with Gasteiger partial charge in [-0.2, -0.15) is 0 Å². The van der Waals surface area contributed by atoms with Crippen molar-refractivity contribution >= 4 is 23.2 Å². The Labute approximate surface area is 116 Å². The van der Waals surface area contributed by atoms with Gasteiger partial charge in [-0.15, -0.1) is 0 Å². The standard InChI is InChI=1S/C13H15ClN4O/c1-15-6-12-7-18(9-16-12)8-13(19)17-11-4-2-3-10(14)5-11/h2-5,7,9,15H,6,8H2,1H3,(H,17,19). The van der Waals surface area contributed by atoms with E-state index < -0.39 is 0 Å². The molecule has 0 aliphatic carbocycles. The van der Waals surface area contributed by atoms with Gasteiger partial charge in [-0.05, 0) is 25.2 Å². The molecular weight excluding hydrogens is 264 g/mol. The summed E-state index contributed by atoms with van der Waals surface area (Å²) in [5, 5.41) is 6.38. The monoisotopic (exact) mass is 278 g/mol. The van der Waals surface area contributed by atoms with E-state index in [2.05, 4.69) is 15.6 Å². The Kier molecular flexibility index (Phi) is 4.54. The summed E-state index contributed by atoms with van der Waals surface area (Å²) >= 11 is 5.85. The molecule has 0 saturated carbocycles. The Hall–Kier alpha value is -1.85. The van der Waals surface area contributed by atoms with Crippen LogP contribution in [0.5, 0.6) is 0 Å². The molecule has 0 aliphatic heterocycles. The van der Waals surface area contributed by atoms with Crippen LogP contribution in [0, 0.1) is 0 Å². The number of rotatable bonds is 5. The van der Waals surface area contributed by atoms with E-state index >= 15 is 0 Å². The van der Waals surface area contributed by atoms with Gasteiger partial charge in [0.2, 0.25) is 5.91 Å². The largest absolute Gasteiger partial charge is 0.328 e. The summed E-state index contributed by atoms with van der Waals surface area (Å²) in [6.45, 7) is 0.909. The van der Waals surface area contributed by atoms with E-state index in [0.29, 0.717) is 17.3 Å². The molecule has 1 heterocycles. The third-order valence-electron chi connectivity index (χ3n) is 2.48.